The molecular formula is C17H22N2O2S. The van der Waals surface area contributed by atoms with E-state index in [1.807, 2.05) is 37.4 Å². The lowest BCUT2D eigenvalue weighted by atomic mass is 10.0. The molecule has 0 radical (unpaired) electrons. The molecule has 2 unspecified atom stereocenters. The molecule has 0 saturated carbocycles. The molecule has 1 amide bonds. The van der Waals surface area contributed by atoms with Gasteiger partial charge in [-0.2, -0.15) is 0 Å². The third-order valence-electron chi connectivity index (χ3n) is 3.88. The lowest BCUT2D eigenvalue weighted by molar-refractivity contribution is -0.123. The smallest absolute Gasteiger partial charge is 0.253 e. The molecular weight excluding hydrogens is 296 g/mol. The molecule has 0 aliphatic rings. The number of aryl methyl sites for hydroxylation is 1. The van der Waals surface area contributed by atoms with Crippen LogP contribution in [0.1, 0.15) is 50.3 Å². The molecule has 0 fully saturated rings. The Morgan fingerprint density at radius 2 is 2.14 bits per heavy atom. The number of benzene rings is 1. The van der Waals surface area contributed by atoms with Crippen LogP contribution in [-0.2, 0) is 4.79 Å². The highest BCUT2D eigenvalue weighted by Gasteiger charge is 2.26. The second-order valence-electron chi connectivity index (χ2n) is 5.60. The molecule has 0 bridgehead atoms. The van der Waals surface area contributed by atoms with Crippen molar-refractivity contribution < 1.29 is 4.79 Å². The highest BCUT2D eigenvalue weighted by Crippen LogP contribution is 2.33. The lowest BCUT2D eigenvalue weighted by Crippen LogP contribution is -2.37. The van der Waals surface area contributed by atoms with E-state index in [2.05, 4.69) is 17.4 Å². The fraction of sp³-hybridized carbons (Fsp3) is 0.471. The lowest BCUT2D eigenvalue weighted by Gasteiger charge is -2.18. The maximum absolute atomic E-state index is 12.4. The molecule has 0 aliphatic heterocycles. The van der Waals surface area contributed by atoms with Gasteiger partial charge in [-0.05, 0) is 36.6 Å². The average Bonchev–Trinajstić information content (AvgIpc) is 2.90. The van der Waals surface area contributed by atoms with Crippen LogP contribution in [0.25, 0.3) is 10.1 Å². The van der Waals surface area contributed by atoms with Gasteiger partial charge in [-0.25, -0.2) is 0 Å². The van der Waals surface area contributed by atoms with Crippen molar-refractivity contribution in [1.82, 2.24) is 5.32 Å². The molecule has 2 rings (SSSR count). The van der Waals surface area contributed by atoms with E-state index in [-0.39, 0.29) is 11.9 Å². The maximum Gasteiger partial charge on any atom is 0.253 e. The van der Waals surface area contributed by atoms with Gasteiger partial charge in [-0.3, -0.25) is 4.79 Å². The first-order chi connectivity index (χ1) is 10.6. The zero-order valence-electron chi connectivity index (χ0n) is 13.3. The van der Waals surface area contributed by atoms with Gasteiger partial charge in [0.1, 0.15) is 0 Å². The summed E-state index contributed by atoms with van der Waals surface area (Å²) in [6.45, 7) is 6.12. The zero-order chi connectivity index (χ0) is 16.1. The van der Waals surface area contributed by atoms with Crippen molar-refractivity contribution in [3.8, 4) is 0 Å². The van der Waals surface area contributed by atoms with Crippen LogP contribution in [0.2, 0.25) is 0 Å². The summed E-state index contributed by atoms with van der Waals surface area (Å²) in [6.07, 6.45) is 2.77. The van der Waals surface area contributed by atoms with E-state index in [4.69, 9.17) is 0 Å². The SMILES string of the molecule is CCCC(CC)NC(=O)C(N=O)c1csc2ccc(C)cc12. The predicted molar refractivity (Wildman–Crippen MR) is 92.2 cm³/mol. The van der Waals surface area contributed by atoms with E-state index in [0.29, 0.717) is 5.56 Å². The molecule has 1 aromatic heterocycles. The number of carbonyl (C=O) groups is 1. The van der Waals surface area contributed by atoms with E-state index < -0.39 is 6.04 Å². The number of hydrogen-bond donors (Lipinski definition) is 1. The van der Waals surface area contributed by atoms with Crippen LogP contribution in [0, 0.1) is 11.8 Å². The minimum absolute atomic E-state index is 0.105. The van der Waals surface area contributed by atoms with E-state index in [9.17, 15) is 9.70 Å². The fourth-order valence-electron chi connectivity index (χ4n) is 2.63. The Morgan fingerprint density at radius 1 is 1.36 bits per heavy atom. The monoisotopic (exact) mass is 318 g/mol. The highest BCUT2D eigenvalue weighted by atomic mass is 32.1. The van der Waals surface area contributed by atoms with Gasteiger partial charge in [0.2, 0.25) is 0 Å². The van der Waals surface area contributed by atoms with Crippen molar-refractivity contribution in [1.29, 1.82) is 0 Å². The first kappa shape index (κ1) is 16.6. The standard InChI is InChI=1S/C17H22N2O2S/c1-4-6-12(5-2)18-17(20)16(19-21)14-10-22-15-8-7-11(3)9-13(14)15/h7-10,12,16H,4-6H2,1-3H3,(H,18,20). The van der Waals surface area contributed by atoms with Crippen LogP contribution >= 0.6 is 11.3 Å². The maximum atomic E-state index is 12.4. The van der Waals surface area contributed by atoms with E-state index >= 15 is 0 Å². The quantitative estimate of drug-likeness (QED) is 0.751. The summed E-state index contributed by atoms with van der Waals surface area (Å²) in [6, 6.07) is 5.19. The minimum atomic E-state index is -0.971. The molecule has 22 heavy (non-hydrogen) atoms. The van der Waals surface area contributed by atoms with Gasteiger partial charge in [-0.1, -0.05) is 43.1 Å². The van der Waals surface area contributed by atoms with Crippen molar-refractivity contribution in [2.24, 2.45) is 5.18 Å². The van der Waals surface area contributed by atoms with Gasteiger partial charge >= 0.3 is 0 Å². The number of fused-ring (bicyclic) bond motifs is 1. The van der Waals surface area contributed by atoms with Crippen LogP contribution in [0.3, 0.4) is 0 Å². The molecule has 1 heterocycles. The summed E-state index contributed by atoms with van der Waals surface area (Å²) in [5.74, 6) is -0.295. The van der Waals surface area contributed by atoms with Crippen LogP contribution in [0.15, 0.2) is 28.8 Å². The molecule has 0 spiro atoms. The molecule has 118 valence electrons. The van der Waals surface area contributed by atoms with Crippen molar-refractivity contribution in [3.05, 3.63) is 39.6 Å². The average molecular weight is 318 g/mol. The van der Waals surface area contributed by atoms with E-state index in [1.165, 1.54) is 11.3 Å². The molecule has 2 aromatic rings. The first-order valence-corrected chi connectivity index (χ1v) is 8.59. The topological polar surface area (TPSA) is 58.5 Å². The molecule has 0 aliphatic carbocycles. The third kappa shape index (κ3) is 3.53. The molecule has 1 aromatic carbocycles. The highest BCUT2D eigenvalue weighted by molar-refractivity contribution is 7.17. The first-order valence-electron chi connectivity index (χ1n) is 7.71. The Morgan fingerprint density at radius 3 is 2.77 bits per heavy atom. The Labute approximate surface area is 134 Å². The van der Waals surface area contributed by atoms with Crippen molar-refractivity contribution in [2.45, 2.75) is 52.1 Å². The number of carbonyl (C=O) groups excluding carboxylic acids is 1. The van der Waals surface area contributed by atoms with Gasteiger partial charge in [0, 0.05) is 16.3 Å². The third-order valence-corrected chi connectivity index (χ3v) is 4.87. The van der Waals surface area contributed by atoms with Gasteiger partial charge in [0.05, 0.1) is 0 Å². The molecule has 0 saturated heterocycles. The normalized spacial score (nSPS) is 13.8. The molecule has 2 atom stereocenters. The van der Waals surface area contributed by atoms with Crippen molar-refractivity contribution in [2.75, 3.05) is 0 Å². The second-order valence-corrected chi connectivity index (χ2v) is 6.51. The Kier molecular flexibility index (Phi) is 5.66. The molecule has 5 heteroatoms. The van der Waals surface area contributed by atoms with Crippen LogP contribution in [0.5, 0.6) is 0 Å². The summed E-state index contributed by atoms with van der Waals surface area (Å²) in [4.78, 5) is 23.7. The largest absolute Gasteiger partial charge is 0.351 e. The number of nitrogens with zero attached hydrogens (tertiary/aromatic N) is 1. The number of rotatable bonds is 7. The summed E-state index contributed by atoms with van der Waals surface area (Å²) in [5.41, 5.74) is 1.82. The number of amides is 1. The van der Waals surface area contributed by atoms with Gasteiger partial charge in [-0.15, -0.1) is 16.2 Å². The van der Waals surface area contributed by atoms with Crippen molar-refractivity contribution >= 4 is 27.3 Å². The minimum Gasteiger partial charge on any atom is -0.351 e. The number of thiophene rings is 1. The number of nitroso groups, excluding NO2 is 1. The summed E-state index contributed by atoms with van der Waals surface area (Å²) in [7, 11) is 0. The molecule has 4 nitrogen and oxygen atoms in total. The predicted octanol–water partition coefficient (Wildman–Crippen LogP) is 4.71. The zero-order valence-corrected chi connectivity index (χ0v) is 14.1. The Hall–Kier alpha value is -1.75. The summed E-state index contributed by atoms with van der Waals surface area (Å²) < 4.78 is 1.07. The van der Waals surface area contributed by atoms with Gasteiger partial charge in [0.25, 0.3) is 5.91 Å². The Bertz CT molecular complexity index is 666. The van der Waals surface area contributed by atoms with Crippen LogP contribution in [-0.4, -0.2) is 11.9 Å². The summed E-state index contributed by atoms with van der Waals surface area (Å²) >= 11 is 1.54. The van der Waals surface area contributed by atoms with E-state index in [0.717, 1.165) is 34.9 Å². The second kappa shape index (κ2) is 7.49. The fourth-order valence-corrected chi connectivity index (χ4v) is 3.59. The van der Waals surface area contributed by atoms with Gasteiger partial charge < -0.3 is 5.32 Å². The van der Waals surface area contributed by atoms with Crippen LogP contribution < -0.4 is 5.32 Å². The Balaban J connectivity index is 2.28. The number of nitrogens with one attached hydrogen (secondary N) is 1. The summed E-state index contributed by atoms with van der Waals surface area (Å²) in [5, 5.41) is 8.88. The molecule has 1 N–H and O–H groups in total. The van der Waals surface area contributed by atoms with Gasteiger partial charge in [0.15, 0.2) is 6.04 Å². The van der Waals surface area contributed by atoms with Crippen LogP contribution in [0.4, 0.5) is 0 Å². The number of hydrogen-bond acceptors (Lipinski definition) is 4. The van der Waals surface area contributed by atoms with Crippen molar-refractivity contribution in [3.63, 3.8) is 0 Å². The van der Waals surface area contributed by atoms with E-state index in [1.54, 1.807) is 0 Å².